The van der Waals surface area contributed by atoms with Crippen LogP contribution in [0.1, 0.15) is 31.4 Å². The molecule has 1 aliphatic rings. The van der Waals surface area contributed by atoms with Gasteiger partial charge < -0.3 is 5.73 Å². The lowest BCUT2D eigenvalue weighted by Gasteiger charge is -2.27. The van der Waals surface area contributed by atoms with Crippen LogP contribution >= 0.6 is 11.6 Å². The Balaban J connectivity index is 2.15. The Morgan fingerprint density at radius 2 is 2.33 bits per heavy atom. The molecule has 2 atom stereocenters. The first kappa shape index (κ1) is 13.8. The molecular weight excluding hydrogens is 251 g/mol. The molecule has 0 amide bonds. The molecule has 1 aromatic rings. The molecule has 0 spiro atoms. The molecular formula is C14H20ClFN2. The van der Waals surface area contributed by atoms with Crippen molar-refractivity contribution in [2.75, 3.05) is 19.6 Å². The van der Waals surface area contributed by atoms with Crippen LogP contribution in [0.2, 0.25) is 5.02 Å². The van der Waals surface area contributed by atoms with Crippen LogP contribution in [-0.2, 0) is 0 Å². The van der Waals surface area contributed by atoms with Crippen molar-refractivity contribution in [1.29, 1.82) is 0 Å². The summed E-state index contributed by atoms with van der Waals surface area (Å²) >= 11 is 5.84. The number of nitrogens with two attached hydrogens (primary N) is 1. The lowest BCUT2D eigenvalue weighted by atomic mass is 10.0. The zero-order valence-electron chi connectivity index (χ0n) is 10.7. The third-order valence-electron chi connectivity index (χ3n) is 3.89. The average molecular weight is 271 g/mol. The first-order valence-corrected chi connectivity index (χ1v) is 6.92. The number of nitrogens with zero attached hydrogens (tertiary/aromatic N) is 1. The third kappa shape index (κ3) is 2.85. The standard InChI is InChI=1S/C14H20ClFN2/c1-2-10-5-6-18(9-10)14(8-17)11-3-4-13(16)12(15)7-11/h3-4,7,10,14H,2,5-6,8-9,17H2,1H3. The molecule has 100 valence electrons. The highest BCUT2D eigenvalue weighted by Crippen LogP contribution is 2.30. The molecule has 18 heavy (non-hydrogen) atoms. The summed E-state index contributed by atoms with van der Waals surface area (Å²) in [5.74, 6) is 0.388. The van der Waals surface area contributed by atoms with Crippen LogP contribution < -0.4 is 5.73 Å². The fraction of sp³-hybridized carbons (Fsp3) is 0.571. The van der Waals surface area contributed by atoms with Crippen LogP contribution in [0.5, 0.6) is 0 Å². The quantitative estimate of drug-likeness (QED) is 0.910. The van der Waals surface area contributed by atoms with Gasteiger partial charge in [0.15, 0.2) is 0 Å². The minimum atomic E-state index is -0.371. The van der Waals surface area contributed by atoms with Crippen LogP contribution in [0.15, 0.2) is 18.2 Å². The first-order chi connectivity index (χ1) is 8.65. The van der Waals surface area contributed by atoms with Gasteiger partial charge in [0, 0.05) is 19.1 Å². The Morgan fingerprint density at radius 1 is 1.56 bits per heavy atom. The van der Waals surface area contributed by atoms with E-state index in [-0.39, 0.29) is 16.9 Å². The van der Waals surface area contributed by atoms with E-state index in [1.54, 1.807) is 12.1 Å². The van der Waals surface area contributed by atoms with Crippen molar-refractivity contribution in [2.45, 2.75) is 25.8 Å². The van der Waals surface area contributed by atoms with Crippen LogP contribution in [-0.4, -0.2) is 24.5 Å². The van der Waals surface area contributed by atoms with Crippen LogP contribution in [0.4, 0.5) is 4.39 Å². The second-order valence-corrected chi connectivity index (χ2v) is 5.39. The Morgan fingerprint density at radius 3 is 2.89 bits per heavy atom. The maximum absolute atomic E-state index is 13.2. The zero-order valence-corrected chi connectivity index (χ0v) is 11.5. The van der Waals surface area contributed by atoms with Gasteiger partial charge in [-0.25, -0.2) is 4.39 Å². The fourth-order valence-corrected chi connectivity index (χ4v) is 2.88. The molecule has 0 radical (unpaired) electrons. The van der Waals surface area contributed by atoms with E-state index < -0.39 is 0 Å². The maximum atomic E-state index is 13.2. The molecule has 2 rings (SSSR count). The summed E-state index contributed by atoms with van der Waals surface area (Å²) in [6, 6.07) is 5.07. The number of likely N-dealkylation sites (tertiary alicyclic amines) is 1. The molecule has 2 unspecified atom stereocenters. The van der Waals surface area contributed by atoms with E-state index in [1.165, 1.54) is 18.9 Å². The number of rotatable bonds is 4. The molecule has 2 nitrogen and oxygen atoms in total. The average Bonchev–Trinajstić information content (AvgIpc) is 2.83. The molecule has 0 aliphatic carbocycles. The SMILES string of the molecule is CCC1CCN(C(CN)c2ccc(F)c(Cl)c2)C1. The summed E-state index contributed by atoms with van der Waals surface area (Å²) < 4.78 is 13.2. The Hall–Kier alpha value is -0.640. The number of halogens is 2. The van der Waals surface area contributed by atoms with E-state index in [2.05, 4.69) is 11.8 Å². The smallest absolute Gasteiger partial charge is 0.141 e. The Bertz CT molecular complexity index is 411. The third-order valence-corrected chi connectivity index (χ3v) is 4.18. The van der Waals surface area contributed by atoms with Crippen molar-refractivity contribution in [2.24, 2.45) is 11.7 Å². The number of hydrogen-bond acceptors (Lipinski definition) is 2. The van der Waals surface area contributed by atoms with Gasteiger partial charge in [-0.15, -0.1) is 0 Å². The highest BCUT2D eigenvalue weighted by Gasteiger charge is 2.27. The molecule has 1 saturated heterocycles. The van der Waals surface area contributed by atoms with Gasteiger partial charge in [-0.3, -0.25) is 4.90 Å². The normalized spacial score (nSPS) is 22.3. The minimum Gasteiger partial charge on any atom is -0.329 e. The van der Waals surface area contributed by atoms with Crippen molar-refractivity contribution < 1.29 is 4.39 Å². The van der Waals surface area contributed by atoms with E-state index in [1.807, 2.05) is 0 Å². The highest BCUT2D eigenvalue weighted by molar-refractivity contribution is 6.30. The topological polar surface area (TPSA) is 29.3 Å². The molecule has 1 aromatic carbocycles. The maximum Gasteiger partial charge on any atom is 0.141 e. The second-order valence-electron chi connectivity index (χ2n) is 4.98. The van der Waals surface area contributed by atoms with Crippen LogP contribution in [0.25, 0.3) is 0 Å². The van der Waals surface area contributed by atoms with Gasteiger partial charge >= 0.3 is 0 Å². The van der Waals surface area contributed by atoms with Crippen molar-refractivity contribution in [3.8, 4) is 0 Å². The number of benzene rings is 1. The van der Waals surface area contributed by atoms with E-state index in [0.717, 1.165) is 24.6 Å². The molecule has 2 N–H and O–H groups in total. The van der Waals surface area contributed by atoms with Gasteiger partial charge in [-0.2, -0.15) is 0 Å². The highest BCUT2D eigenvalue weighted by atomic mass is 35.5. The van der Waals surface area contributed by atoms with Crippen molar-refractivity contribution in [3.05, 3.63) is 34.6 Å². The van der Waals surface area contributed by atoms with Crippen molar-refractivity contribution >= 4 is 11.6 Å². The van der Waals surface area contributed by atoms with Crippen molar-refractivity contribution in [1.82, 2.24) is 4.90 Å². The summed E-state index contributed by atoms with van der Waals surface area (Å²) in [5.41, 5.74) is 6.90. The predicted octanol–water partition coefficient (Wildman–Crippen LogP) is 3.21. The van der Waals surface area contributed by atoms with Crippen molar-refractivity contribution in [3.63, 3.8) is 0 Å². The summed E-state index contributed by atoms with van der Waals surface area (Å²) in [5, 5.41) is 0.178. The summed E-state index contributed by atoms with van der Waals surface area (Å²) in [6.45, 7) is 4.90. The van der Waals surface area contributed by atoms with Gasteiger partial charge in [0.25, 0.3) is 0 Å². The summed E-state index contributed by atoms with van der Waals surface area (Å²) in [6.07, 6.45) is 2.43. The summed E-state index contributed by atoms with van der Waals surface area (Å²) in [4.78, 5) is 2.39. The van der Waals surface area contributed by atoms with E-state index in [4.69, 9.17) is 17.3 Å². The minimum absolute atomic E-state index is 0.152. The largest absolute Gasteiger partial charge is 0.329 e. The van der Waals surface area contributed by atoms with Gasteiger partial charge in [0.1, 0.15) is 5.82 Å². The van der Waals surface area contributed by atoms with E-state index in [9.17, 15) is 4.39 Å². The fourth-order valence-electron chi connectivity index (χ4n) is 2.69. The lowest BCUT2D eigenvalue weighted by molar-refractivity contribution is 0.241. The molecule has 4 heteroatoms. The van der Waals surface area contributed by atoms with E-state index >= 15 is 0 Å². The van der Waals surface area contributed by atoms with Gasteiger partial charge in [-0.05, 0) is 36.6 Å². The van der Waals surface area contributed by atoms with Crippen LogP contribution in [0.3, 0.4) is 0 Å². The Kier molecular flexibility index (Phi) is 4.60. The monoisotopic (exact) mass is 270 g/mol. The predicted molar refractivity (Wildman–Crippen MR) is 73.2 cm³/mol. The second kappa shape index (κ2) is 6.00. The zero-order chi connectivity index (χ0) is 13.1. The lowest BCUT2D eigenvalue weighted by Crippen LogP contribution is -2.32. The molecule has 0 aromatic heterocycles. The van der Waals surface area contributed by atoms with Crippen LogP contribution in [0, 0.1) is 11.7 Å². The molecule has 0 saturated carbocycles. The molecule has 1 aliphatic heterocycles. The molecule has 0 bridgehead atoms. The van der Waals surface area contributed by atoms with Gasteiger partial charge in [-0.1, -0.05) is 31.0 Å². The van der Waals surface area contributed by atoms with Gasteiger partial charge in [0.2, 0.25) is 0 Å². The van der Waals surface area contributed by atoms with Gasteiger partial charge in [0.05, 0.1) is 5.02 Å². The summed E-state index contributed by atoms with van der Waals surface area (Å²) in [7, 11) is 0. The van der Waals surface area contributed by atoms with E-state index in [0.29, 0.717) is 6.54 Å². The first-order valence-electron chi connectivity index (χ1n) is 6.54. The number of hydrogen-bond donors (Lipinski definition) is 1. The molecule has 1 heterocycles. The molecule has 1 fully saturated rings. The Labute approximate surface area is 113 Å².